The number of aromatic amines is 1. The molecular weight excluding hydrogens is 280 g/mol. The Bertz CT molecular complexity index is 865. The van der Waals surface area contributed by atoms with Crippen LogP contribution in [0.5, 0.6) is 0 Å². The lowest BCUT2D eigenvalue weighted by Gasteiger charge is -2.28. The second kappa shape index (κ2) is 4.98. The quantitative estimate of drug-likeness (QED) is 0.760. The molecule has 1 saturated heterocycles. The van der Waals surface area contributed by atoms with Crippen LogP contribution in [0.2, 0.25) is 0 Å². The van der Waals surface area contributed by atoms with E-state index in [4.69, 9.17) is 0 Å². The summed E-state index contributed by atoms with van der Waals surface area (Å²) >= 11 is 0. The fourth-order valence-electron chi connectivity index (χ4n) is 3.19. The molecule has 4 rings (SSSR count). The first-order valence-electron chi connectivity index (χ1n) is 7.49. The molecule has 2 aromatic heterocycles. The van der Waals surface area contributed by atoms with E-state index in [0.29, 0.717) is 0 Å². The van der Waals surface area contributed by atoms with E-state index in [-0.39, 0.29) is 5.56 Å². The highest BCUT2D eigenvalue weighted by atomic mass is 16.4. The van der Waals surface area contributed by atoms with Gasteiger partial charge < -0.3 is 15.0 Å². The minimum atomic E-state index is -0.923. The third-order valence-electron chi connectivity index (χ3n) is 4.27. The van der Waals surface area contributed by atoms with Gasteiger partial charge in [-0.1, -0.05) is 0 Å². The lowest BCUT2D eigenvalue weighted by atomic mass is 10.1. The number of carboxylic acids is 1. The average Bonchev–Trinajstić information content (AvgIpc) is 2.93. The Labute approximate surface area is 126 Å². The third kappa shape index (κ3) is 1.99. The molecule has 0 radical (unpaired) electrons. The summed E-state index contributed by atoms with van der Waals surface area (Å²) in [7, 11) is 0. The van der Waals surface area contributed by atoms with E-state index in [9.17, 15) is 9.90 Å². The largest absolute Gasteiger partial charge is 0.478 e. The molecule has 1 fully saturated rings. The van der Waals surface area contributed by atoms with E-state index in [2.05, 4.69) is 19.9 Å². The van der Waals surface area contributed by atoms with Gasteiger partial charge in [-0.2, -0.15) is 0 Å². The Morgan fingerprint density at radius 2 is 2.00 bits per heavy atom. The fraction of sp³-hybridized carbons (Fsp3) is 0.312. The summed E-state index contributed by atoms with van der Waals surface area (Å²) in [5.41, 5.74) is 1.92. The van der Waals surface area contributed by atoms with Gasteiger partial charge in [0, 0.05) is 24.0 Å². The second-order valence-corrected chi connectivity index (χ2v) is 5.66. The highest BCUT2D eigenvalue weighted by Gasteiger charge is 2.19. The van der Waals surface area contributed by atoms with Gasteiger partial charge in [0.25, 0.3) is 0 Å². The first kappa shape index (κ1) is 13.1. The van der Waals surface area contributed by atoms with Gasteiger partial charge in [-0.25, -0.2) is 14.8 Å². The molecule has 22 heavy (non-hydrogen) atoms. The van der Waals surface area contributed by atoms with Crippen molar-refractivity contribution < 1.29 is 9.90 Å². The molecule has 0 bridgehead atoms. The number of piperidine rings is 1. The monoisotopic (exact) mass is 296 g/mol. The number of nitrogens with one attached hydrogen (secondary N) is 1. The highest BCUT2D eigenvalue weighted by molar-refractivity contribution is 6.12. The average molecular weight is 296 g/mol. The maximum absolute atomic E-state index is 11.2. The normalized spacial score (nSPS) is 15.5. The van der Waals surface area contributed by atoms with E-state index in [1.54, 1.807) is 24.5 Å². The number of rotatable bonds is 2. The van der Waals surface area contributed by atoms with Crippen LogP contribution in [-0.4, -0.2) is 39.1 Å². The number of hydrogen-bond donors (Lipinski definition) is 2. The van der Waals surface area contributed by atoms with Crippen molar-refractivity contribution in [1.82, 2.24) is 15.0 Å². The van der Waals surface area contributed by atoms with Gasteiger partial charge in [-0.15, -0.1) is 0 Å². The summed E-state index contributed by atoms with van der Waals surface area (Å²) in [4.78, 5) is 25.5. The standard InChI is InChI=1S/C16H16N4O2/c21-16(22)10-4-5-12-11(8-10)13-14(19-12)17-9-18-15(13)20-6-2-1-3-7-20/h4-5,8-9H,1-3,6-7H2,(H,21,22)(H,17,18,19). The molecule has 112 valence electrons. The number of hydrogen-bond acceptors (Lipinski definition) is 4. The summed E-state index contributed by atoms with van der Waals surface area (Å²) in [6, 6.07) is 5.10. The van der Waals surface area contributed by atoms with Crippen molar-refractivity contribution in [3.8, 4) is 0 Å². The van der Waals surface area contributed by atoms with Crippen LogP contribution in [0.4, 0.5) is 5.82 Å². The zero-order valence-electron chi connectivity index (χ0n) is 12.0. The van der Waals surface area contributed by atoms with Gasteiger partial charge in [-0.05, 0) is 37.5 Å². The molecule has 0 unspecified atom stereocenters. The number of benzene rings is 1. The molecule has 1 aliphatic heterocycles. The van der Waals surface area contributed by atoms with Crippen LogP contribution >= 0.6 is 0 Å². The number of aromatic carboxylic acids is 1. The minimum absolute atomic E-state index is 0.279. The van der Waals surface area contributed by atoms with Gasteiger partial charge in [-0.3, -0.25) is 0 Å². The first-order chi connectivity index (χ1) is 10.7. The number of fused-ring (bicyclic) bond motifs is 3. The molecule has 0 aliphatic carbocycles. The summed E-state index contributed by atoms with van der Waals surface area (Å²) in [5.74, 6) is -0.0221. The van der Waals surface area contributed by atoms with E-state index >= 15 is 0 Å². The first-order valence-corrected chi connectivity index (χ1v) is 7.49. The van der Waals surface area contributed by atoms with E-state index in [1.165, 1.54) is 6.42 Å². The minimum Gasteiger partial charge on any atom is -0.478 e. The third-order valence-corrected chi connectivity index (χ3v) is 4.27. The molecule has 0 amide bonds. The van der Waals surface area contributed by atoms with Gasteiger partial charge >= 0.3 is 5.97 Å². The van der Waals surface area contributed by atoms with Gasteiger partial charge in [0.1, 0.15) is 17.8 Å². The lowest BCUT2D eigenvalue weighted by Crippen LogP contribution is -2.30. The number of aromatic nitrogens is 3. The molecule has 0 saturated carbocycles. The zero-order valence-corrected chi connectivity index (χ0v) is 12.0. The smallest absolute Gasteiger partial charge is 0.335 e. The molecule has 1 aliphatic rings. The van der Waals surface area contributed by atoms with Crippen molar-refractivity contribution in [2.24, 2.45) is 0 Å². The number of anilines is 1. The number of carbonyl (C=O) groups is 1. The number of carboxylic acid groups (broad SMARTS) is 1. The molecule has 3 heterocycles. The van der Waals surface area contributed by atoms with Gasteiger partial charge in [0.2, 0.25) is 0 Å². The summed E-state index contributed by atoms with van der Waals surface area (Å²) < 4.78 is 0. The predicted octanol–water partition coefficient (Wildman–Crippen LogP) is 2.80. The van der Waals surface area contributed by atoms with Crippen LogP contribution in [0.15, 0.2) is 24.5 Å². The van der Waals surface area contributed by atoms with Crippen LogP contribution in [0, 0.1) is 0 Å². The van der Waals surface area contributed by atoms with Crippen molar-refractivity contribution in [2.45, 2.75) is 19.3 Å². The maximum atomic E-state index is 11.2. The van der Waals surface area contributed by atoms with Gasteiger partial charge in [0.05, 0.1) is 10.9 Å². The Hall–Kier alpha value is -2.63. The summed E-state index contributed by atoms with van der Waals surface area (Å²) in [6.07, 6.45) is 5.14. The molecule has 0 spiro atoms. The summed E-state index contributed by atoms with van der Waals surface area (Å²) in [6.45, 7) is 1.97. The van der Waals surface area contributed by atoms with Crippen molar-refractivity contribution in [2.75, 3.05) is 18.0 Å². The fourth-order valence-corrected chi connectivity index (χ4v) is 3.19. The van der Waals surface area contributed by atoms with E-state index in [1.807, 2.05) is 0 Å². The molecule has 3 aromatic rings. The molecule has 6 heteroatoms. The molecule has 1 aromatic carbocycles. The molecule has 0 atom stereocenters. The van der Waals surface area contributed by atoms with E-state index in [0.717, 1.165) is 53.7 Å². The second-order valence-electron chi connectivity index (χ2n) is 5.66. The lowest BCUT2D eigenvalue weighted by molar-refractivity contribution is 0.0697. The van der Waals surface area contributed by atoms with Crippen LogP contribution in [0.25, 0.3) is 21.9 Å². The SMILES string of the molecule is O=C(O)c1ccc2[nH]c3ncnc(N4CCCCC4)c3c2c1. The predicted molar refractivity (Wildman–Crippen MR) is 84.4 cm³/mol. The van der Waals surface area contributed by atoms with Crippen LogP contribution in [0.3, 0.4) is 0 Å². The number of nitrogens with zero attached hydrogens (tertiary/aromatic N) is 3. The molecular formula is C16H16N4O2. The Kier molecular flexibility index (Phi) is 2.96. The molecule has 6 nitrogen and oxygen atoms in total. The van der Waals surface area contributed by atoms with Crippen LogP contribution in [0.1, 0.15) is 29.6 Å². The summed E-state index contributed by atoms with van der Waals surface area (Å²) in [5, 5.41) is 11.0. The maximum Gasteiger partial charge on any atom is 0.335 e. The highest BCUT2D eigenvalue weighted by Crippen LogP contribution is 2.32. The van der Waals surface area contributed by atoms with Crippen molar-refractivity contribution in [3.63, 3.8) is 0 Å². The zero-order chi connectivity index (χ0) is 15.1. The van der Waals surface area contributed by atoms with Crippen LogP contribution < -0.4 is 4.90 Å². The van der Waals surface area contributed by atoms with E-state index < -0.39 is 5.97 Å². The van der Waals surface area contributed by atoms with Crippen molar-refractivity contribution >= 4 is 33.7 Å². The number of H-pyrrole nitrogens is 1. The Morgan fingerprint density at radius 3 is 2.77 bits per heavy atom. The van der Waals surface area contributed by atoms with Gasteiger partial charge in [0.15, 0.2) is 0 Å². The van der Waals surface area contributed by atoms with Crippen molar-refractivity contribution in [3.05, 3.63) is 30.1 Å². The van der Waals surface area contributed by atoms with Crippen molar-refractivity contribution in [1.29, 1.82) is 0 Å². The Morgan fingerprint density at radius 1 is 1.18 bits per heavy atom. The molecule has 2 N–H and O–H groups in total. The Balaban J connectivity index is 1.98. The van der Waals surface area contributed by atoms with Crippen LogP contribution in [-0.2, 0) is 0 Å². The topological polar surface area (TPSA) is 82.1 Å².